The average Bonchev–Trinajstić information content (AvgIpc) is 2.89. The van der Waals surface area contributed by atoms with Crippen molar-refractivity contribution in [1.29, 1.82) is 0 Å². The van der Waals surface area contributed by atoms with E-state index in [0.717, 1.165) is 17.8 Å². The molecule has 1 amide bonds. The molecule has 0 bridgehead atoms. The van der Waals surface area contributed by atoms with Crippen LogP contribution in [0.15, 0.2) is 77.7 Å². The second-order valence-electron chi connectivity index (χ2n) is 9.26. The van der Waals surface area contributed by atoms with Gasteiger partial charge in [-0.3, -0.25) is 4.79 Å². The topological polar surface area (TPSA) is 75.7 Å². The number of anilines is 2. The first kappa shape index (κ1) is 27.7. The van der Waals surface area contributed by atoms with Crippen LogP contribution >= 0.6 is 0 Å². The van der Waals surface area contributed by atoms with E-state index in [1.807, 2.05) is 19.1 Å². The normalized spacial score (nSPS) is 18.3. The van der Waals surface area contributed by atoms with E-state index < -0.39 is 21.6 Å². The fourth-order valence-corrected chi connectivity index (χ4v) is 5.20. The van der Waals surface area contributed by atoms with Crippen molar-refractivity contribution in [2.45, 2.75) is 43.5 Å². The fraction of sp³-hybridized carbons (Fsp3) is 0.321. The smallest absolute Gasteiger partial charge is 0.370 e. The largest absolute Gasteiger partial charge is 0.416 e. The Morgan fingerprint density at radius 2 is 1.63 bits per heavy atom. The number of hydrogen-bond donors (Lipinski definition) is 1. The van der Waals surface area contributed by atoms with Crippen LogP contribution in [0.1, 0.15) is 36.6 Å². The predicted molar refractivity (Wildman–Crippen MR) is 140 cm³/mol. The van der Waals surface area contributed by atoms with Crippen LogP contribution < -0.4 is 10.2 Å². The number of nitrogens with one attached hydrogen (secondary N) is 1. The molecule has 1 heterocycles. The number of nitrogens with zero attached hydrogens (tertiary/aromatic N) is 1. The molecule has 0 aromatic heterocycles. The summed E-state index contributed by atoms with van der Waals surface area (Å²) in [4.78, 5) is 14.9. The number of alkyl halides is 3. The molecule has 1 N–H and O–H groups in total. The first-order chi connectivity index (χ1) is 18.0. The molecule has 3 aromatic carbocycles. The van der Waals surface area contributed by atoms with E-state index in [0.29, 0.717) is 30.0 Å². The Hall–Kier alpha value is -3.37. The van der Waals surface area contributed by atoms with Crippen LogP contribution in [0.3, 0.4) is 0 Å². The summed E-state index contributed by atoms with van der Waals surface area (Å²) in [6.07, 6.45) is -4.65. The molecule has 6 nitrogen and oxygen atoms in total. The lowest BCUT2D eigenvalue weighted by Crippen LogP contribution is -2.45. The number of ether oxygens (including phenoxy) is 1. The number of sulfone groups is 1. The van der Waals surface area contributed by atoms with Crippen LogP contribution in [0.5, 0.6) is 0 Å². The molecule has 1 aliphatic rings. The first-order valence-corrected chi connectivity index (χ1v) is 13.9. The molecular weight excluding hydrogens is 517 g/mol. The van der Waals surface area contributed by atoms with Crippen molar-refractivity contribution >= 4 is 27.1 Å². The van der Waals surface area contributed by atoms with Gasteiger partial charge in [-0.25, -0.2) is 8.42 Å². The second-order valence-corrected chi connectivity index (χ2v) is 11.5. The van der Waals surface area contributed by atoms with Gasteiger partial charge in [0, 0.05) is 24.0 Å². The van der Waals surface area contributed by atoms with Crippen LogP contribution in [0.25, 0.3) is 0 Å². The number of carbonyl (C=O) groups excluding carboxylic acids is 1. The number of morpholine rings is 1. The SMILES string of the molecule is CCS(=O)(=O)c1ccc(CC(=O)Nc2ccc(N3CC(c4ccc(C(F)(F)F)cc4)OCC3C)cc2)cc1. The van der Waals surface area contributed by atoms with Gasteiger partial charge in [0.15, 0.2) is 9.84 Å². The van der Waals surface area contributed by atoms with E-state index in [2.05, 4.69) is 10.2 Å². The minimum atomic E-state index is -4.38. The van der Waals surface area contributed by atoms with Gasteiger partial charge in [0.05, 0.1) is 29.2 Å². The van der Waals surface area contributed by atoms with Crippen molar-refractivity contribution in [2.24, 2.45) is 0 Å². The summed E-state index contributed by atoms with van der Waals surface area (Å²) in [6, 6.07) is 18.7. The lowest BCUT2D eigenvalue weighted by Gasteiger charge is -2.40. The Labute approximate surface area is 220 Å². The molecule has 10 heteroatoms. The van der Waals surface area contributed by atoms with Crippen molar-refractivity contribution in [3.63, 3.8) is 0 Å². The summed E-state index contributed by atoms with van der Waals surface area (Å²) < 4.78 is 68.5. The lowest BCUT2D eigenvalue weighted by atomic mass is 10.0. The molecule has 1 saturated heterocycles. The molecule has 0 spiro atoms. The Balaban J connectivity index is 1.37. The van der Waals surface area contributed by atoms with Crippen molar-refractivity contribution in [3.05, 3.63) is 89.5 Å². The third-order valence-corrected chi connectivity index (χ3v) is 8.30. The minimum absolute atomic E-state index is 0.0156. The Morgan fingerprint density at radius 1 is 1.00 bits per heavy atom. The van der Waals surface area contributed by atoms with Crippen molar-refractivity contribution < 1.29 is 31.1 Å². The van der Waals surface area contributed by atoms with Gasteiger partial charge < -0.3 is 15.0 Å². The quantitative estimate of drug-likeness (QED) is 0.415. The van der Waals surface area contributed by atoms with Crippen molar-refractivity contribution in [1.82, 2.24) is 0 Å². The average molecular weight is 547 g/mol. The molecule has 202 valence electrons. The summed E-state index contributed by atoms with van der Waals surface area (Å²) in [5.74, 6) is -0.215. The summed E-state index contributed by atoms with van der Waals surface area (Å²) in [5, 5.41) is 2.85. The molecule has 0 radical (unpaired) electrons. The van der Waals surface area contributed by atoms with Gasteiger partial charge >= 0.3 is 6.18 Å². The van der Waals surface area contributed by atoms with Crippen LogP contribution in [-0.4, -0.2) is 39.3 Å². The lowest BCUT2D eigenvalue weighted by molar-refractivity contribution is -0.137. The predicted octanol–water partition coefficient (Wildman–Crippen LogP) is 5.65. The highest BCUT2D eigenvalue weighted by atomic mass is 32.2. The van der Waals surface area contributed by atoms with E-state index in [-0.39, 0.29) is 35.1 Å². The summed E-state index contributed by atoms with van der Waals surface area (Å²) in [5.41, 5.74) is 2.21. The summed E-state index contributed by atoms with van der Waals surface area (Å²) >= 11 is 0. The van der Waals surface area contributed by atoms with Crippen molar-refractivity contribution in [2.75, 3.05) is 29.1 Å². The minimum Gasteiger partial charge on any atom is -0.370 e. The molecule has 4 rings (SSSR count). The zero-order valence-corrected chi connectivity index (χ0v) is 21.9. The number of carbonyl (C=O) groups is 1. The highest BCUT2D eigenvalue weighted by Gasteiger charge is 2.31. The number of rotatable bonds is 7. The van der Waals surface area contributed by atoms with E-state index in [1.165, 1.54) is 24.3 Å². The Bertz CT molecular complexity index is 1360. The van der Waals surface area contributed by atoms with E-state index in [4.69, 9.17) is 4.74 Å². The molecule has 0 aliphatic carbocycles. The summed E-state index contributed by atoms with van der Waals surface area (Å²) in [7, 11) is -3.29. The van der Waals surface area contributed by atoms with E-state index >= 15 is 0 Å². The van der Waals surface area contributed by atoms with Crippen LogP contribution in [0.2, 0.25) is 0 Å². The zero-order valence-electron chi connectivity index (χ0n) is 21.0. The molecule has 1 aliphatic heterocycles. The van der Waals surface area contributed by atoms with E-state index in [1.54, 1.807) is 31.2 Å². The number of benzene rings is 3. The molecule has 2 atom stereocenters. The monoisotopic (exact) mass is 546 g/mol. The molecule has 2 unspecified atom stereocenters. The maximum Gasteiger partial charge on any atom is 0.416 e. The van der Waals surface area contributed by atoms with E-state index in [9.17, 15) is 26.4 Å². The standard InChI is InChI=1S/C28H29F3N2O4S/c1-3-38(35,36)25-14-4-20(5-15-25)16-27(34)32-23-10-12-24(13-11-23)33-17-26(37-18-19(33)2)21-6-8-22(9-7-21)28(29,30)31/h4-15,19,26H,3,16-18H2,1-2H3,(H,32,34). The maximum atomic E-state index is 12.9. The van der Waals surface area contributed by atoms with Gasteiger partial charge in [0.2, 0.25) is 5.91 Å². The highest BCUT2D eigenvalue weighted by Crippen LogP contribution is 2.33. The van der Waals surface area contributed by atoms with Gasteiger partial charge in [0.1, 0.15) is 6.10 Å². The third kappa shape index (κ3) is 6.54. The van der Waals surface area contributed by atoms with Gasteiger partial charge in [-0.2, -0.15) is 13.2 Å². The number of amides is 1. The zero-order chi connectivity index (χ0) is 27.5. The number of hydrogen-bond acceptors (Lipinski definition) is 5. The third-order valence-electron chi connectivity index (χ3n) is 6.55. The first-order valence-electron chi connectivity index (χ1n) is 12.2. The number of halogens is 3. The van der Waals surface area contributed by atoms with Crippen molar-refractivity contribution in [3.8, 4) is 0 Å². The van der Waals surface area contributed by atoms with Crippen LogP contribution in [-0.2, 0) is 32.0 Å². The Morgan fingerprint density at radius 3 is 2.21 bits per heavy atom. The molecular formula is C28H29F3N2O4S. The second kappa shape index (κ2) is 11.2. The summed E-state index contributed by atoms with van der Waals surface area (Å²) in [6.45, 7) is 4.49. The fourth-order valence-electron chi connectivity index (χ4n) is 4.31. The highest BCUT2D eigenvalue weighted by molar-refractivity contribution is 7.91. The van der Waals surface area contributed by atoms with Crippen LogP contribution in [0, 0.1) is 0 Å². The molecule has 1 fully saturated rings. The van der Waals surface area contributed by atoms with Gasteiger partial charge in [-0.1, -0.05) is 31.2 Å². The molecule has 38 heavy (non-hydrogen) atoms. The molecule has 0 saturated carbocycles. The molecule has 3 aromatic rings. The van der Waals surface area contributed by atoms with Gasteiger partial charge in [0.25, 0.3) is 0 Å². The van der Waals surface area contributed by atoms with Crippen LogP contribution in [0.4, 0.5) is 24.5 Å². The van der Waals surface area contributed by atoms with Gasteiger partial charge in [-0.05, 0) is 66.6 Å². The Kier molecular flexibility index (Phi) is 8.13. The maximum absolute atomic E-state index is 12.9. The van der Waals surface area contributed by atoms with Gasteiger partial charge in [-0.15, -0.1) is 0 Å².